The molecule has 2 fully saturated rings. The van der Waals surface area contributed by atoms with Crippen molar-refractivity contribution in [1.29, 1.82) is 0 Å². The lowest BCUT2D eigenvalue weighted by atomic mass is 10.6. The standard InChI is InChI=1S/C8H19Cl3N8S/c9-3-14-4(10)17-7(16-3)13-1-2-20-8-18-5(11)15-6(12)19-8/h3-8,13-19H,1-2,12H2/i/hD. The molecule has 12 heteroatoms. The minimum Gasteiger partial charge on any atom is -0.303 e. The Bertz CT molecular complexity index is 311. The van der Waals surface area contributed by atoms with Crippen LogP contribution in [-0.4, -0.2) is 47.2 Å². The molecule has 0 radical (unpaired) electrons. The van der Waals surface area contributed by atoms with Gasteiger partial charge in [-0.2, -0.15) is 0 Å². The van der Waals surface area contributed by atoms with Gasteiger partial charge in [-0.3, -0.25) is 37.2 Å². The van der Waals surface area contributed by atoms with Gasteiger partial charge in [-0.05, 0) is 0 Å². The zero-order valence-electron chi connectivity index (χ0n) is 11.4. The first-order valence-corrected chi connectivity index (χ1v) is 8.43. The van der Waals surface area contributed by atoms with Crippen molar-refractivity contribution < 1.29 is 1.41 Å². The minimum atomic E-state index is -0.388. The van der Waals surface area contributed by atoms with Gasteiger partial charge in [0.25, 0.3) is 0 Å². The van der Waals surface area contributed by atoms with Crippen LogP contribution in [0.1, 0.15) is 0 Å². The zero-order chi connectivity index (χ0) is 15.2. The molecule has 5 unspecified atom stereocenters. The highest BCUT2D eigenvalue weighted by Gasteiger charge is 2.24. The van der Waals surface area contributed by atoms with Crippen LogP contribution in [0.15, 0.2) is 0 Å². The summed E-state index contributed by atoms with van der Waals surface area (Å²) >= 11 is 19.5. The van der Waals surface area contributed by atoms with Crippen LogP contribution in [0.4, 0.5) is 0 Å². The van der Waals surface area contributed by atoms with E-state index in [4.69, 9.17) is 36.2 Å². The Labute approximate surface area is 138 Å². The fraction of sp³-hybridized carbons (Fsp3) is 1.00. The quantitative estimate of drug-likeness (QED) is 0.158. The molecular weight excluding hydrogens is 347 g/mol. The van der Waals surface area contributed by atoms with Crippen molar-refractivity contribution in [3.63, 3.8) is 0 Å². The van der Waals surface area contributed by atoms with E-state index in [1.54, 1.807) is 11.8 Å². The van der Waals surface area contributed by atoms with E-state index in [-0.39, 0.29) is 35.0 Å². The molecule has 0 aromatic heterocycles. The SMILES string of the molecule is [2H]NC1NC(Cl)NC(SCCNC2NC(Cl)NC(Cl)N2)N1. The maximum atomic E-state index is 7.13. The van der Waals surface area contributed by atoms with E-state index in [0.717, 1.165) is 12.3 Å². The molecule has 0 aliphatic carbocycles. The van der Waals surface area contributed by atoms with Crippen LogP contribution in [-0.2, 0) is 0 Å². The molecule has 0 amide bonds. The van der Waals surface area contributed by atoms with Crippen LogP contribution < -0.4 is 42.9 Å². The monoisotopic (exact) mass is 365 g/mol. The highest BCUT2D eigenvalue weighted by Crippen LogP contribution is 2.09. The number of rotatable bonds is 6. The highest BCUT2D eigenvalue weighted by atomic mass is 35.5. The summed E-state index contributed by atoms with van der Waals surface area (Å²) in [6.45, 7) is 0.738. The number of hydrogen-bond donors (Lipinski definition) is 8. The predicted octanol–water partition coefficient (Wildman–Crippen LogP) is -1.75. The minimum absolute atomic E-state index is 0.0473. The number of hydrogen-bond acceptors (Lipinski definition) is 9. The summed E-state index contributed by atoms with van der Waals surface area (Å²) in [5.74, 6) is 0.826. The number of nitrogens with two attached hydrogens (primary N) is 1. The topological polar surface area (TPSA) is 110 Å². The summed E-state index contributed by atoms with van der Waals surface area (Å²) < 4.78 is 7.13. The fourth-order valence-corrected chi connectivity index (χ4v) is 3.57. The average Bonchev–Trinajstić information content (AvgIpc) is 2.42. The molecule has 0 aromatic carbocycles. The number of alkyl halides is 3. The average molecular weight is 367 g/mol. The molecule has 2 heterocycles. The second kappa shape index (κ2) is 8.51. The Hall–Kier alpha value is 0.900. The molecule has 2 aliphatic rings. The highest BCUT2D eigenvalue weighted by molar-refractivity contribution is 7.99. The summed E-state index contributed by atoms with van der Waals surface area (Å²) in [6.07, 6.45) is -0.504. The second-order valence-electron chi connectivity index (χ2n) is 4.16. The molecule has 2 saturated heterocycles. The van der Waals surface area contributed by atoms with Crippen LogP contribution in [0, 0.1) is 0 Å². The van der Waals surface area contributed by atoms with Gasteiger partial charge in [0.1, 0.15) is 36.4 Å². The van der Waals surface area contributed by atoms with Crippen molar-refractivity contribution in [2.75, 3.05) is 12.3 Å². The fourth-order valence-electron chi connectivity index (χ4n) is 1.73. The maximum Gasteiger partial charge on any atom is 0.139 e. The summed E-state index contributed by atoms with van der Waals surface area (Å²) in [7, 11) is 0. The third kappa shape index (κ3) is 5.95. The van der Waals surface area contributed by atoms with Gasteiger partial charge in [-0.15, -0.1) is 11.8 Å². The Morgan fingerprint density at radius 2 is 1.70 bits per heavy atom. The molecular formula is C8H19Cl3N8S. The van der Waals surface area contributed by atoms with Crippen molar-refractivity contribution in [1.82, 2.24) is 37.2 Å². The first-order chi connectivity index (χ1) is 10.1. The molecule has 118 valence electrons. The Kier molecular flexibility index (Phi) is 6.72. The van der Waals surface area contributed by atoms with E-state index < -0.39 is 0 Å². The van der Waals surface area contributed by atoms with Gasteiger partial charge in [0.15, 0.2) is 0 Å². The van der Waals surface area contributed by atoms with Crippen molar-refractivity contribution in [2.24, 2.45) is 5.73 Å². The Morgan fingerprint density at radius 1 is 1.00 bits per heavy atom. The third-order valence-corrected chi connectivity index (χ3v) is 4.38. The molecule has 0 spiro atoms. The number of halogens is 3. The molecule has 0 bridgehead atoms. The van der Waals surface area contributed by atoms with Gasteiger partial charge in [-0.1, -0.05) is 34.8 Å². The summed E-state index contributed by atoms with van der Waals surface area (Å²) in [5, 5.41) is 21.4. The third-order valence-electron chi connectivity index (χ3n) is 2.58. The Morgan fingerprint density at radius 3 is 2.40 bits per heavy atom. The van der Waals surface area contributed by atoms with Crippen molar-refractivity contribution in [3.8, 4) is 0 Å². The maximum absolute atomic E-state index is 7.13. The normalized spacial score (nSPS) is 43.2. The summed E-state index contributed by atoms with van der Waals surface area (Å²) in [4.78, 5) is 0. The van der Waals surface area contributed by atoms with Crippen LogP contribution in [0.5, 0.6) is 0 Å². The van der Waals surface area contributed by atoms with Crippen LogP contribution >= 0.6 is 46.6 Å². The van der Waals surface area contributed by atoms with E-state index >= 15 is 0 Å². The second-order valence-corrected chi connectivity index (χ2v) is 6.68. The van der Waals surface area contributed by atoms with Crippen molar-refractivity contribution in [3.05, 3.63) is 0 Å². The lowest BCUT2D eigenvalue weighted by molar-refractivity contribution is 0.255. The van der Waals surface area contributed by atoms with Gasteiger partial charge in [0, 0.05) is 12.3 Å². The first-order valence-electron chi connectivity index (χ1n) is 6.57. The lowest BCUT2D eigenvalue weighted by Crippen LogP contribution is -2.68. The molecule has 2 rings (SSSR count). The summed E-state index contributed by atoms with van der Waals surface area (Å²) in [5.41, 5.74) is 1.14. The van der Waals surface area contributed by atoms with E-state index in [0.29, 0.717) is 0 Å². The lowest BCUT2D eigenvalue weighted by Gasteiger charge is -2.35. The van der Waals surface area contributed by atoms with Gasteiger partial charge in [0.2, 0.25) is 0 Å². The smallest absolute Gasteiger partial charge is 0.139 e. The Balaban J connectivity index is 1.61. The van der Waals surface area contributed by atoms with Crippen molar-refractivity contribution in [2.45, 2.75) is 35.0 Å². The molecule has 8 nitrogen and oxygen atoms in total. The van der Waals surface area contributed by atoms with Gasteiger partial charge in [-0.25, -0.2) is 0 Å². The molecule has 2 aliphatic heterocycles. The molecule has 9 N–H and O–H groups in total. The molecule has 20 heavy (non-hydrogen) atoms. The number of thioether (sulfide) groups is 1. The van der Waals surface area contributed by atoms with Gasteiger partial charge >= 0.3 is 0 Å². The molecule has 5 atom stereocenters. The van der Waals surface area contributed by atoms with Crippen LogP contribution in [0.25, 0.3) is 0 Å². The van der Waals surface area contributed by atoms with E-state index in [9.17, 15) is 0 Å². The van der Waals surface area contributed by atoms with Gasteiger partial charge in [0.05, 0.1) is 0 Å². The molecule has 0 saturated carbocycles. The van der Waals surface area contributed by atoms with E-state index in [2.05, 4.69) is 42.9 Å². The van der Waals surface area contributed by atoms with Crippen LogP contribution in [0.2, 0.25) is 1.41 Å². The summed E-state index contributed by atoms with van der Waals surface area (Å²) in [6, 6.07) is 0. The van der Waals surface area contributed by atoms with Crippen molar-refractivity contribution >= 4 is 46.6 Å². The van der Waals surface area contributed by atoms with Crippen LogP contribution in [0.3, 0.4) is 0 Å². The first kappa shape index (κ1) is 15.8. The predicted molar refractivity (Wildman–Crippen MR) is 83.7 cm³/mol. The largest absolute Gasteiger partial charge is 0.303 e. The number of nitrogens with one attached hydrogen (secondary N) is 7. The molecule has 0 aromatic rings. The van der Waals surface area contributed by atoms with Gasteiger partial charge < -0.3 is 5.73 Å². The zero-order valence-corrected chi connectivity index (χ0v) is 13.5. The van der Waals surface area contributed by atoms with E-state index in [1.165, 1.54) is 0 Å². The van der Waals surface area contributed by atoms with E-state index in [1.807, 2.05) is 0 Å².